The number of aryl methyl sites for hydroxylation is 1. The van der Waals surface area contributed by atoms with E-state index in [1.165, 1.54) is 0 Å². The summed E-state index contributed by atoms with van der Waals surface area (Å²) in [4.78, 5) is 12.3. The van der Waals surface area contributed by atoms with Crippen molar-refractivity contribution in [1.29, 1.82) is 0 Å². The van der Waals surface area contributed by atoms with Crippen molar-refractivity contribution < 1.29 is 19.0 Å². The Kier molecular flexibility index (Phi) is 7.79. The minimum Gasteiger partial charge on any atom is -0.490 e. The number of amides is 2. The maximum Gasteiger partial charge on any atom is 0.319 e. The average Bonchev–Trinajstić information content (AvgIpc) is 2.63. The number of benzene rings is 2. The van der Waals surface area contributed by atoms with Crippen LogP contribution in [-0.2, 0) is 6.54 Å². The zero-order valence-electron chi connectivity index (χ0n) is 16.4. The van der Waals surface area contributed by atoms with Crippen LogP contribution in [-0.4, -0.2) is 25.9 Å². The fourth-order valence-corrected chi connectivity index (χ4v) is 2.64. The second-order valence-electron chi connectivity index (χ2n) is 5.90. The zero-order valence-corrected chi connectivity index (χ0v) is 16.4. The lowest BCUT2D eigenvalue weighted by atomic mass is 10.1. The predicted molar refractivity (Wildman–Crippen MR) is 107 cm³/mol. The smallest absolute Gasteiger partial charge is 0.319 e. The van der Waals surface area contributed by atoms with E-state index in [0.717, 1.165) is 11.1 Å². The monoisotopic (exact) mass is 372 g/mol. The highest BCUT2D eigenvalue weighted by Crippen LogP contribution is 2.40. The van der Waals surface area contributed by atoms with Crippen LogP contribution in [0.4, 0.5) is 10.5 Å². The Morgan fingerprint density at radius 2 is 1.56 bits per heavy atom. The van der Waals surface area contributed by atoms with Gasteiger partial charge in [0, 0.05) is 18.7 Å². The zero-order chi connectivity index (χ0) is 19.6. The molecule has 146 valence electrons. The van der Waals surface area contributed by atoms with Gasteiger partial charge in [0.2, 0.25) is 5.75 Å². The van der Waals surface area contributed by atoms with Crippen LogP contribution in [0.3, 0.4) is 0 Å². The fourth-order valence-electron chi connectivity index (χ4n) is 2.64. The molecule has 27 heavy (non-hydrogen) atoms. The Labute approximate surface area is 160 Å². The lowest BCUT2D eigenvalue weighted by Gasteiger charge is -2.17. The third-order valence-electron chi connectivity index (χ3n) is 3.70. The van der Waals surface area contributed by atoms with E-state index in [-0.39, 0.29) is 6.03 Å². The Morgan fingerprint density at radius 1 is 0.926 bits per heavy atom. The van der Waals surface area contributed by atoms with Gasteiger partial charge in [0.25, 0.3) is 0 Å². The Balaban J connectivity index is 2.12. The first-order valence-electron chi connectivity index (χ1n) is 9.24. The van der Waals surface area contributed by atoms with E-state index < -0.39 is 0 Å². The van der Waals surface area contributed by atoms with Crippen molar-refractivity contribution in [2.45, 2.75) is 34.2 Å². The van der Waals surface area contributed by atoms with Gasteiger partial charge in [-0.1, -0.05) is 29.8 Å². The Hall–Kier alpha value is -2.89. The number of hydrogen-bond donors (Lipinski definition) is 2. The number of rotatable bonds is 9. The molecule has 0 atom stereocenters. The molecule has 0 saturated heterocycles. The second kappa shape index (κ2) is 10.3. The van der Waals surface area contributed by atoms with Gasteiger partial charge < -0.3 is 24.8 Å². The van der Waals surface area contributed by atoms with E-state index in [1.807, 2.05) is 52.0 Å². The summed E-state index contributed by atoms with van der Waals surface area (Å²) >= 11 is 0. The molecule has 0 spiro atoms. The molecular weight excluding hydrogens is 344 g/mol. The highest BCUT2D eigenvalue weighted by atomic mass is 16.5. The van der Waals surface area contributed by atoms with Crippen molar-refractivity contribution in [3.63, 3.8) is 0 Å². The summed E-state index contributed by atoms with van der Waals surface area (Å²) in [6.07, 6.45) is 0. The van der Waals surface area contributed by atoms with Gasteiger partial charge in [0.05, 0.1) is 25.5 Å². The van der Waals surface area contributed by atoms with Gasteiger partial charge in [-0.25, -0.2) is 4.79 Å². The van der Waals surface area contributed by atoms with Crippen LogP contribution in [0.15, 0.2) is 36.4 Å². The van der Waals surface area contributed by atoms with E-state index in [1.54, 1.807) is 12.1 Å². The molecule has 0 saturated carbocycles. The topological polar surface area (TPSA) is 68.8 Å². The maximum absolute atomic E-state index is 12.3. The minimum atomic E-state index is -0.300. The van der Waals surface area contributed by atoms with Crippen LogP contribution in [0.25, 0.3) is 0 Å². The van der Waals surface area contributed by atoms with Crippen molar-refractivity contribution in [3.8, 4) is 17.2 Å². The van der Waals surface area contributed by atoms with Crippen molar-refractivity contribution in [2.75, 3.05) is 25.1 Å². The van der Waals surface area contributed by atoms with E-state index in [0.29, 0.717) is 49.3 Å². The molecule has 2 rings (SSSR count). The van der Waals surface area contributed by atoms with Gasteiger partial charge >= 0.3 is 6.03 Å². The van der Waals surface area contributed by atoms with Gasteiger partial charge in [-0.15, -0.1) is 0 Å². The molecule has 0 radical (unpaired) electrons. The quantitative estimate of drug-likeness (QED) is 0.679. The molecule has 2 N–H and O–H groups in total. The summed E-state index contributed by atoms with van der Waals surface area (Å²) in [5.41, 5.74) is 2.78. The molecule has 0 bridgehead atoms. The lowest BCUT2D eigenvalue weighted by molar-refractivity contribution is 0.251. The van der Waals surface area contributed by atoms with E-state index in [4.69, 9.17) is 14.2 Å². The van der Waals surface area contributed by atoms with Crippen molar-refractivity contribution in [1.82, 2.24) is 5.32 Å². The standard InChI is InChI=1S/C21H28N2O4/c1-5-25-18-12-17(13-19(26-6-2)20(18)27-7-3)23-21(24)22-14-16-10-8-9-15(4)11-16/h8-13H,5-7,14H2,1-4H3,(H2,22,23,24). The third-order valence-corrected chi connectivity index (χ3v) is 3.70. The molecule has 6 heteroatoms. The number of nitrogens with one attached hydrogen (secondary N) is 2. The second-order valence-corrected chi connectivity index (χ2v) is 5.90. The summed E-state index contributed by atoms with van der Waals surface area (Å²) in [6, 6.07) is 11.2. The maximum atomic E-state index is 12.3. The van der Waals surface area contributed by atoms with Gasteiger partial charge in [-0.05, 0) is 33.3 Å². The molecule has 0 heterocycles. The molecule has 2 aromatic rings. The number of carbonyl (C=O) groups is 1. The molecule has 0 fully saturated rings. The van der Waals surface area contributed by atoms with E-state index in [9.17, 15) is 4.79 Å². The molecule has 0 aliphatic carbocycles. The van der Waals surface area contributed by atoms with E-state index in [2.05, 4.69) is 10.6 Å². The minimum absolute atomic E-state index is 0.300. The van der Waals surface area contributed by atoms with Crippen LogP contribution in [0, 0.1) is 6.92 Å². The van der Waals surface area contributed by atoms with Gasteiger partial charge in [0.15, 0.2) is 11.5 Å². The molecule has 0 aliphatic rings. The molecule has 0 aromatic heterocycles. The lowest BCUT2D eigenvalue weighted by Crippen LogP contribution is -2.28. The summed E-state index contributed by atoms with van der Waals surface area (Å²) in [5, 5.41) is 5.68. The van der Waals surface area contributed by atoms with Crippen LogP contribution in [0.2, 0.25) is 0 Å². The number of anilines is 1. The Bertz CT molecular complexity index is 735. The van der Waals surface area contributed by atoms with Crippen LogP contribution < -0.4 is 24.8 Å². The normalized spacial score (nSPS) is 10.2. The number of urea groups is 1. The third kappa shape index (κ3) is 6.09. The van der Waals surface area contributed by atoms with Gasteiger partial charge in [0.1, 0.15) is 0 Å². The first-order valence-corrected chi connectivity index (χ1v) is 9.24. The average molecular weight is 372 g/mol. The fraction of sp³-hybridized carbons (Fsp3) is 0.381. The summed E-state index contributed by atoms with van der Waals surface area (Å²) in [5.74, 6) is 1.63. The molecule has 6 nitrogen and oxygen atoms in total. The van der Waals surface area contributed by atoms with Crippen molar-refractivity contribution >= 4 is 11.7 Å². The molecule has 0 unspecified atom stereocenters. The van der Waals surface area contributed by atoms with Crippen LogP contribution in [0.1, 0.15) is 31.9 Å². The van der Waals surface area contributed by atoms with Gasteiger partial charge in [-0.2, -0.15) is 0 Å². The highest BCUT2D eigenvalue weighted by molar-refractivity contribution is 5.90. The summed E-state index contributed by atoms with van der Waals surface area (Å²) < 4.78 is 17.0. The van der Waals surface area contributed by atoms with Crippen LogP contribution >= 0.6 is 0 Å². The summed E-state index contributed by atoms with van der Waals surface area (Å²) in [7, 11) is 0. The summed E-state index contributed by atoms with van der Waals surface area (Å²) in [6.45, 7) is 9.61. The number of hydrogen-bond acceptors (Lipinski definition) is 4. The van der Waals surface area contributed by atoms with Crippen molar-refractivity contribution in [2.24, 2.45) is 0 Å². The van der Waals surface area contributed by atoms with Crippen LogP contribution in [0.5, 0.6) is 17.2 Å². The predicted octanol–water partition coefficient (Wildman–Crippen LogP) is 4.51. The first-order chi connectivity index (χ1) is 13.1. The number of carbonyl (C=O) groups excluding carboxylic acids is 1. The van der Waals surface area contributed by atoms with Gasteiger partial charge in [-0.3, -0.25) is 0 Å². The first kappa shape index (κ1) is 20.4. The molecular formula is C21H28N2O4. The largest absolute Gasteiger partial charge is 0.490 e. The van der Waals surface area contributed by atoms with E-state index >= 15 is 0 Å². The molecule has 0 aliphatic heterocycles. The van der Waals surface area contributed by atoms with Crippen molar-refractivity contribution in [3.05, 3.63) is 47.5 Å². The molecule has 2 amide bonds. The Morgan fingerprint density at radius 3 is 2.11 bits per heavy atom. The highest BCUT2D eigenvalue weighted by Gasteiger charge is 2.16. The number of ether oxygens (including phenoxy) is 3. The SMILES string of the molecule is CCOc1cc(NC(=O)NCc2cccc(C)c2)cc(OCC)c1OCC. The molecule has 2 aromatic carbocycles.